The molecule has 2 N–H and O–H groups in total. The minimum Gasteiger partial charge on any atom is -0.496 e. The normalized spacial score (nSPS) is 10.9. The first-order valence-corrected chi connectivity index (χ1v) is 9.61. The van der Waals surface area contributed by atoms with Crippen molar-refractivity contribution in [3.63, 3.8) is 0 Å². The number of pyridine rings is 1. The van der Waals surface area contributed by atoms with Gasteiger partial charge in [0.25, 0.3) is 11.5 Å². The molecule has 6 heteroatoms. The molecule has 0 atom stereocenters. The zero-order chi connectivity index (χ0) is 21.0. The van der Waals surface area contributed by atoms with Gasteiger partial charge >= 0.3 is 0 Å². The highest BCUT2D eigenvalue weighted by Gasteiger charge is 2.20. The molecule has 0 spiro atoms. The van der Waals surface area contributed by atoms with E-state index in [1.165, 1.54) is 7.11 Å². The summed E-state index contributed by atoms with van der Waals surface area (Å²) in [5.74, 6) is 0.237. The third-order valence-corrected chi connectivity index (χ3v) is 4.94. The van der Waals surface area contributed by atoms with Gasteiger partial charge in [-0.3, -0.25) is 9.59 Å². The first-order valence-electron chi connectivity index (χ1n) is 9.61. The molecule has 1 amide bonds. The van der Waals surface area contributed by atoms with Crippen LogP contribution in [0.4, 0.5) is 0 Å². The summed E-state index contributed by atoms with van der Waals surface area (Å²) in [6.45, 7) is 4.41. The molecule has 2 aromatic carbocycles. The highest BCUT2D eigenvalue weighted by molar-refractivity contribution is 5.97. The molecule has 0 saturated carbocycles. The van der Waals surface area contributed by atoms with E-state index in [9.17, 15) is 14.7 Å². The summed E-state index contributed by atoms with van der Waals surface area (Å²) in [4.78, 5) is 30.4. The number of hydrogen-bond donors (Lipinski definition) is 2. The summed E-state index contributed by atoms with van der Waals surface area (Å²) >= 11 is 0. The van der Waals surface area contributed by atoms with Crippen molar-refractivity contribution in [2.45, 2.75) is 26.8 Å². The molecular weight excluding hydrogens is 368 g/mol. The molecular formula is C23H26N2O4. The molecule has 3 aromatic rings. The van der Waals surface area contributed by atoms with E-state index in [0.29, 0.717) is 29.8 Å². The number of ether oxygens (including phenoxy) is 1. The second-order valence-corrected chi connectivity index (χ2v) is 7.17. The van der Waals surface area contributed by atoms with Gasteiger partial charge < -0.3 is 19.7 Å². The van der Waals surface area contributed by atoms with E-state index in [-0.39, 0.29) is 24.6 Å². The lowest BCUT2D eigenvalue weighted by Crippen LogP contribution is -2.34. The van der Waals surface area contributed by atoms with Crippen molar-refractivity contribution in [2.75, 3.05) is 20.3 Å². The Morgan fingerprint density at radius 1 is 1.17 bits per heavy atom. The lowest BCUT2D eigenvalue weighted by molar-refractivity contribution is 0.0728. The summed E-state index contributed by atoms with van der Waals surface area (Å²) in [5, 5.41) is 10.2. The van der Waals surface area contributed by atoms with Crippen LogP contribution in [0, 0.1) is 13.8 Å². The number of rotatable bonds is 7. The number of nitrogens with zero attached hydrogens (tertiary/aromatic N) is 1. The molecule has 0 unspecified atom stereocenters. The smallest absolute Gasteiger partial charge is 0.257 e. The Morgan fingerprint density at radius 2 is 1.93 bits per heavy atom. The Morgan fingerprint density at radius 3 is 2.66 bits per heavy atom. The van der Waals surface area contributed by atoms with Gasteiger partial charge in [0.15, 0.2) is 0 Å². The Hall–Kier alpha value is -3.12. The molecule has 3 rings (SSSR count). The fourth-order valence-corrected chi connectivity index (χ4v) is 3.56. The van der Waals surface area contributed by atoms with Crippen molar-refractivity contribution in [3.05, 3.63) is 75.1 Å². The van der Waals surface area contributed by atoms with Gasteiger partial charge in [-0.05, 0) is 55.5 Å². The molecule has 1 aromatic heterocycles. The van der Waals surface area contributed by atoms with Crippen molar-refractivity contribution in [3.8, 4) is 5.75 Å². The summed E-state index contributed by atoms with van der Waals surface area (Å²) in [5.41, 5.74) is 3.63. The Kier molecular flexibility index (Phi) is 6.34. The maximum atomic E-state index is 13.2. The molecule has 0 bridgehead atoms. The van der Waals surface area contributed by atoms with Crippen molar-refractivity contribution in [1.29, 1.82) is 0 Å². The Labute approximate surface area is 169 Å². The monoisotopic (exact) mass is 394 g/mol. The fraction of sp³-hybridized carbons (Fsp3) is 0.304. The van der Waals surface area contributed by atoms with E-state index in [0.717, 1.165) is 22.0 Å². The number of H-pyrrole nitrogens is 1. The number of hydrogen-bond acceptors (Lipinski definition) is 4. The third kappa shape index (κ3) is 4.49. The van der Waals surface area contributed by atoms with Crippen molar-refractivity contribution in [1.82, 2.24) is 9.88 Å². The van der Waals surface area contributed by atoms with Gasteiger partial charge in [-0.2, -0.15) is 0 Å². The van der Waals surface area contributed by atoms with Crippen LogP contribution in [0.25, 0.3) is 10.9 Å². The van der Waals surface area contributed by atoms with Crippen molar-refractivity contribution >= 4 is 16.8 Å². The summed E-state index contributed by atoms with van der Waals surface area (Å²) < 4.78 is 5.31. The van der Waals surface area contributed by atoms with Gasteiger partial charge in [-0.25, -0.2) is 0 Å². The van der Waals surface area contributed by atoms with Crippen LogP contribution in [0.5, 0.6) is 5.75 Å². The summed E-state index contributed by atoms with van der Waals surface area (Å²) in [6, 6.07) is 12.9. The maximum Gasteiger partial charge on any atom is 0.257 e. The number of para-hydroxylation sites is 1. The number of aryl methyl sites for hydroxylation is 2. The number of carbonyl (C=O) groups is 1. The molecule has 0 radical (unpaired) electrons. The highest BCUT2D eigenvalue weighted by atomic mass is 16.5. The lowest BCUT2D eigenvalue weighted by Gasteiger charge is -2.23. The maximum absolute atomic E-state index is 13.2. The van der Waals surface area contributed by atoms with E-state index < -0.39 is 0 Å². The quantitative estimate of drug-likeness (QED) is 0.645. The number of nitrogens with one attached hydrogen (secondary N) is 1. The zero-order valence-corrected chi connectivity index (χ0v) is 17.0. The Balaban J connectivity index is 1.99. The largest absolute Gasteiger partial charge is 0.496 e. The number of aliphatic hydroxyl groups is 1. The third-order valence-electron chi connectivity index (χ3n) is 4.94. The molecule has 6 nitrogen and oxygen atoms in total. The van der Waals surface area contributed by atoms with E-state index in [4.69, 9.17) is 4.74 Å². The molecule has 1 heterocycles. The van der Waals surface area contributed by atoms with Crippen LogP contribution in [-0.2, 0) is 6.54 Å². The topological polar surface area (TPSA) is 82.6 Å². The van der Waals surface area contributed by atoms with Crippen LogP contribution in [0.2, 0.25) is 0 Å². The van der Waals surface area contributed by atoms with E-state index in [1.54, 1.807) is 29.2 Å². The molecule has 0 aliphatic rings. The van der Waals surface area contributed by atoms with E-state index in [1.807, 2.05) is 32.0 Å². The standard InChI is InChI=1S/C23H26N2O4/c1-15-11-16(2)21-17(12-15)13-18(22(27)24-21)14-25(9-6-10-26)23(28)19-7-4-5-8-20(19)29-3/h4-5,7-8,11-13,26H,6,9-10,14H2,1-3H3,(H,24,27). The molecule has 0 saturated heterocycles. The van der Waals surface area contributed by atoms with Gasteiger partial charge in [0.1, 0.15) is 5.75 Å². The van der Waals surface area contributed by atoms with Gasteiger partial charge in [-0.1, -0.05) is 23.8 Å². The number of carbonyl (C=O) groups excluding carboxylic acids is 1. The first-order chi connectivity index (χ1) is 13.9. The second kappa shape index (κ2) is 8.92. The molecule has 152 valence electrons. The number of aliphatic hydroxyl groups excluding tert-OH is 1. The summed E-state index contributed by atoms with van der Waals surface area (Å²) in [6.07, 6.45) is 0.421. The highest BCUT2D eigenvalue weighted by Crippen LogP contribution is 2.22. The van der Waals surface area contributed by atoms with Crippen LogP contribution in [-0.4, -0.2) is 41.2 Å². The van der Waals surface area contributed by atoms with E-state index >= 15 is 0 Å². The van der Waals surface area contributed by atoms with Crippen LogP contribution >= 0.6 is 0 Å². The van der Waals surface area contributed by atoms with Gasteiger partial charge in [-0.15, -0.1) is 0 Å². The molecule has 0 aliphatic heterocycles. The summed E-state index contributed by atoms with van der Waals surface area (Å²) in [7, 11) is 1.52. The van der Waals surface area contributed by atoms with Crippen LogP contribution in [0.15, 0.2) is 47.3 Å². The predicted molar refractivity (Wildman–Crippen MR) is 113 cm³/mol. The minimum absolute atomic E-state index is 0.0395. The number of amides is 1. The molecule has 29 heavy (non-hydrogen) atoms. The van der Waals surface area contributed by atoms with E-state index in [2.05, 4.69) is 4.98 Å². The lowest BCUT2D eigenvalue weighted by atomic mass is 10.0. The molecule has 0 aliphatic carbocycles. The first kappa shape index (κ1) is 20.6. The molecule has 0 fully saturated rings. The van der Waals surface area contributed by atoms with Gasteiger partial charge in [0.05, 0.1) is 24.7 Å². The average Bonchev–Trinajstić information content (AvgIpc) is 2.71. The van der Waals surface area contributed by atoms with Crippen molar-refractivity contribution in [2.24, 2.45) is 0 Å². The average molecular weight is 394 g/mol. The number of aromatic nitrogens is 1. The second-order valence-electron chi connectivity index (χ2n) is 7.17. The van der Waals surface area contributed by atoms with Crippen LogP contribution in [0.1, 0.15) is 33.5 Å². The Bertz CT molecular complexity index is 1090. The van der Waals surface area contributed by atoms with Crippen molar-refractivity contribution < 1.29 is 14.6 Å². The zero-order valence-electron chi connectivity index (χ0n) is 17.0. The SMILES string of the molecule is COc1ccccc1C(=O)N(CCCO)Cc1cc2cc(C)cc(C)c2[nH]c1=O. The van der Waals surface area contributed by atoms with Crippen LogP contribution < -0.4 is 10.3 Å². The fourth-order valence-electron chi connectivity index (χ4n) is 3.56. The number of benzene rings is 2. The minimum atomic E-state index is -0.240. The van der Waals surface area contributed by atoms with Gasteiger partial charge in [0, 0.05) is 18.7 Å². The van der Waals surface area contributed by atoms with Crippen LogP contribution in [0.3, 0.4) is 0 Å². The van der Waals surface area contributed by atoms with Gasteiger partial charge in [0.2, 0.25) is 0 Å². The predicted octanol–water partition coefficient (Wildman–Crippen LogP) is 3.18. The number of aromatic amines is 1. The number of methoxy groups -OCH3 is 1. The number of fused-ring (bicyclic) bond motifs is 1.